The summed E-state index contributed by atoms with van der Waals surface area (Å²) < 4.78 is 13.1. The lowest BCUT2D eigenvalue weighted by molar-refractivity contribution is 0.683. The minimum atomic E-state index is -1.20. The Balaban J connectivity index is 2.21. The van der Waals surface area contributed by atoms with E-state index in [0.29, 0.717) is 21.9 Å². The normalized spacial score (nSPS) is 11.8. The number of rotatable bonds is 3. The van der Waals surface area contributed by atoms with Crippen LogP contribution < -0.4 is 5.73 Å². The molecule has 2 rings (SSSR count). The van der Waals surface area contributed by atoms with Crippen LogP contribution in [0, 0.1) is 11.3 Å². The molecule has 0 saturated carbocycles. The molecule has 2 aromatic rings. The van der Waals surface area contributed by atoms with Gasteiger partial charge in [-0.15, -0.1) is 0 Å². The summed E-state index contributed by atoms with van der Waals surface area (Å²) in [5, 5.41) is 8.72. The van der Waals surface area contributed by atoms with Gasteiger partial charge < -0.3 is 5.73 Å². The predicted octanol–water partition coefficient (Wildman–Crippen LogP) is 3.21. The van der Waals surface area contributed by atoms with Crippen molar-refractivity contribution in [2.75, 3.05) is 5.73 Å². The Morgan fingerprint density at radius 2 is 1.89 bits per heavy atom. The van der Waals surface area contributed by atoms with Crippen LogP contribution in [0.3, 0.4) is 0 Å². The molecule has 0 aliphatic heterocycles. The van der Waals surface area contributed by atoms with E-state index < -0.39 is 10.8 Å². The SMILES string of the molecule is N#Cc1ccc(CS(=O)c2cc(Br)ccc2N)cc1. The van der Waals surface area contributed by atoms with Crippen molar-refractivity contribution >= 4 is 32.4 Å². The molecule has 0 fully saturated rings. The quantitative estimate of drug-likeness (QED) is 0.876. The molecule has 0 aromatic heterocycles. The standard InChI is InChI=1S/C14H11BrN2OS/c15-12-5-6-13(17)14(7-12)19(18)9-11-3-1-10(8-16)2-4-11/h1-7H,9,17H2. The van der Waals surface area contributed by atoms with Crippen molar-refractivity contribution in [2.24, 2.45) is 0 Å². The van der Waals surface area contributed by atoms with Crippen LogP contribution in [0.5, 0.6) is 0 Å². The van der Waals surface area contributed by atoms with E-state index in [1.807, 2.05) is 18.2 Å². The highest BCUT2D eigenvalue weighted by Gasteiger charge is 2.09. The summed E-state index contributed by atoms with van der Waals surface area (Å²) in [5.74, 6) is 0.381. The highest BCUT2D eigenvalue weighted by Crippen LogP contribution is 2.23. The number of anilines is 1. The van der Waals surface area contributed by atoms with Gasteiger partial charge in [-0.25, -0.2) is 0 Å². The first-order chi connectivity index (χ1) is 9.10. The molecule has 0 bridgehead atoms. The van der Waals surface area contributed by atoms with E-state index in [0.717, 1.165) is 10.0 Å². The van der Waals surface area contributed by atoms with Crippen molar-refractivity contribution in [3.63, 3.8) is 0 Å². The van der Waals surface area contributed by atoms with Crippen LogP contribution in [0.15, 0.2) is 51.8 Å². The van der Waals surface area contributed by atoms with E-state index in [1.54, 1.807) is 24.3 Å². The minimum Gasteiger partial charge on any atom is -0.398 e. The fraction of sp³-hybridized carbons (Fsp3) is 0.0714. The van der Waals surface area contributed by atoms with Gasteiger partial charge >= 0.3 is 0 Å². The molecule has 0 aliphatic carbocycles. The van der Waals surface area contributed by atoms with Crippen molar-refractivity contribution in [1.82, 2.24) is 0 Å². The molecule has 0 amide bonds. The Labute approximate surface area is 122 Å². The second-order valence-corrected chi connectivity index (χ2v) is 6.32. The van der Waals surface area contributed by atoms with Gasteiger partial charge in [-0.3, -0.25) is 4.21 Å². The smallest absolute Gasteiger partial charge is 0.0991 e. The summed E-state index contributed by atoms with van der Waals surface area (Å²) in [6.07, 6.45) is 0. The zero-order valence-electron chi connectivity index (χ0n) is 9.97. The van der Waals surface area contributed by atoms with E-state index in [-0.39, 0.29) is 0 Å². The highest BCUT2D eigenvalue weighted by atomic mass is 79.9. The van der Waals surface area contributed by atoms with Gasteiger partial charge in [0.1, 0.15) is 0 Å². The summed E-state index contributed by atoms with van der Waals surface area (Å²) in [6.45, 7) is 0. The predicted molar refractivity (Wildman–Crippen MR) is 79.8 cm³/mol. The van der Waals surface area contributed by atoms with Crippen LogP contribution in [-0.4, -0.2) is 4.21 Å². The number of nitriles is 1. The number of hydrogen-bond acceptors (Lipinski definition) is 3. The Hall–Kier alpha value is -1.64. The van der Waals surface area contributed by atoms with E-state index in [9.17, 15) is 4.21 Å². The Morgan fingerprint density at radius 1 is 1.21 bits per heavy atom. The van der Waals surface area contributed by atoms with Crippen molar-refractivity contribution in [2.45, 2.75) is 10.6 Å². The number of nitrogens with zero attached hydrogens (tertiary/aromatic N) is 1. The number of nitrogens with two attached hydrogens (primary N) is 1. The lowest BCUT2D eigenvalue weighted by Crippen LogP contribution is -2.01. The molecule has 0 radical (unpaired) electrons. The van der Waals surface area contributed by atoms with Crippen LogP contribution in [-0.2, 0) is 16.6 Å². The topological polar surface area (TPSA) is 66.9 Å². The maximum Gasteiger partial charge on any atom is 0.0991 e. The molecule has 0 spiro atoms. The Kier molecular flexibility index (Phi) is 4.35. The van der Waals surface area contributed by atoms with Gasteiger partial charge in [0.15, 0.2) is 0 Å². The van der Waals surface area contributed by atoms with Gasteiger partial charge in [-0.1, -0.05) is 28.1 Å². The summed E-state index contributed by atoms with van der Waals surface area (Å²) in [6, 6.07) is 14.4. The number of nitrogen functional groups attached to an aromatic ring is 1. The van der Waals surface area contributed by atoms with Gasteiger partial charge in [0, 0.05) is 10.2 Å². The maximum atomic E-state index is 12.3. The van der Waals surface area contributed by atoms with Crippen molar-refractivity contribution in [3.8, 4) is 6.07 Å². The molecule has 0 aliphatic rings. The lowest BCUT2D eigenvalue weighted by Gasteiger charge is -2.06. The second kappa shape index (κ2) is 6.00. The number of hydrogen-bond donors (Lipinski definition) is 1. The molecular formula is C14H11BrN2OS. The van der Waals surface area contributed by atoms with Crippen LogP contribution in [0.2, 0.25) is 0 Å². The zero-order valence-corrected chi connectivity index (χ0v) is 12.4. The molecule has 1 atom stereocenters. The fourth-order valence-corrected chi connectivity index (χ4v) is 3.36. The third-order valence-corrected chi connectivity index (χ3v) is 4.53. The first-order valence-electron chi connectivity index (χ1n) is 5.52. The van der Waals surface area contributed by atoms with E-state index in [2.05, 4.69) is 22.0 Å². The fourth-order valence-electron chi connectivity index (χ4n) is 1.61. The molecule has 2 aromatic carbocycles. The number of halogens is 1. The van der Waals surface area contributed by atoms with Gasteiger partial charge in [-0.05, 0) is 35.9 Å². The van der Waals surface area contributed by atoms with Crippen molar-refractivity contribution in [3.05, 3.63) is 58.1 Å². The molecule has 3 nitrogen and oxygen atoms in total. The van der Waals surface area contributed by atoms with Gasteiger partial charge in [0.05, 0.1) is 33.1 Å². The summed E-state index contributed by atoms with van der Waals surface area (Å²) in [4.78, 5) is 0.624. The first kappa shape index (κ1) is 13.8. The molecule has 5 heteroatoms. The third kappa shape index (κ3) is 3.43. The monoisotopic (exact) mass is 334 g/mol. The maximum absolute atomic E-state index is 12.3. The first-order valence-corrected chi connectivity index (χ1v) is 7.64. The molecule has 0 saturated heterocycles. The van der Waals surface area contributed by atoms with Crippen molar-refractivity contribution in [1.29, 1.82) is 5.26 Å². The van der Waals surface area contributed by atoms with Crippen LogP contribution in [0.25, 0.3) is 0 Å². The molecular weight excluding hydrogens is 324 g/mol. The van der Waals surface area contributed by atoms with Crippen molar-refractivity contribution < 1.29 is 4.21 Å². The molecule has 96 valence electrons. The molecule has 19 heavy (non-hydrogen) atoms. The molecule has 2 N–H and O–H groups in total. The van der Waals surface area contributed by atoms with Gasteiger partial charge in [-0.2, -0.15) is 5.26 Å². The molecule has 1 unspecified atom stereocenters. The Morgan fingerprint density at radius 3 is 2.53 bits per heavy atom. The number of benzene rings is 2. The lowest BCUT2D eigenvalue weighted by atomic mass is 10.2. The summed E-state index contributed by atoms with van der Waals surface area (Å²) in [5.41, 5.74) is 7.86. The largest absolute Gasteiger partial charge is 0.398 e. The average molecular weight is 335 g/mol. The van der Waals surface area contributed by atoms with E-state index in [1.165, 1.54) is 0 Å². The third-order valence-electron chi connectivity index (χ3n) is 2.60. The van der Waals surface area contributed by atoms with Gasteiger partial charge in [0.2, 0.25) is 0 Å². The zero-order chi connectivity index (χ0) is 13.8. The molecule has 0 heterocycles. The highest BCUT2D eigenvalue weighted by molar-refractivity contribution is 9.10. The van der Waals surface area contributed by atoms with Crippen LogP contribution in [0.1, 0.15) is 11.1 Å². The second-order valence-electron chi connectivity index (χ2n) is 3.98. The van der Waals surface area contributed by atoms with Crippen LogP contribution >= 0.6 is 15.9 Å². The van der Waals surface area contributed by atoms with Crippen LogP contribution in [0.4, 0.5) is 5.69 Å². The summed E-state index contributed by atoms with van der Waals surface area (Å²) >= 11 is 3.34. The summed E-state index contributed by atoms with van der Waals surface area (Å²) in [7, 11) is -1.20. The van der Waals surface area contributed by atoms with Gasteiger partial charge in [0.25, 0.3) is 0 Å². The van der Waals surface area contributed by atoms with E-state index in [4.69, 9.17) is 11.0 Å². The average Bonchev–Trinajstić information content (AvgIpc) is 2.42. The van der Waals surface area contributed by atoms with E-state index >= 15 is 0 Å². The Bertz CT molecular complexity index is 662. The minimum absolute atomic E-state index is 0.381.